The molecular weight excluding hydrogens is 453 g/mol. The van der Waals surface area contributed by atoms with Crippen molar-refractivity contribution in [2.45, 2.75) is 32.2 Å². The van der Waals surface area contributed by atoms with E-state index in [0.29, 0.717) is 39.3 Å². The lowest BCUT2D eigenvalue weighted by molar-refractivity contribution is -0.145. The molecule has 1 saturated heterocycles. The van der Waals surface area contributed by atoms with Crippen molar-refractivity contribution >= 4 is 69.5 Å². The lowest BCUT2D eigenvalue weighted by Crippen LogP contribution is -2.43. The molecule has 9 heteroatoms. The molecule has 152 valence electrons. The minimum atomic E-state index is -1.06. The molecular formula is C20H17Cl2NO4S2. The molecule has 1 aliphatic rings. The summed E-state index contributed by atoms with van der Waals surface area (Å²) in [5, 5.41) is 10.4. The van der Waals surface area contributed by atoms with Crippen molar-refractivity contribution in [1.29, 1.82) is 0 Å². The highest BCUT2D eigenvalue weighted by Gasteiger charge is 2.40. The summed E-state index contributed by atoms with van der Waals surface area (Å²) in [6, 6.07) is 7.66. The van der Waals surface area contributed by atoms with Gasteiger partial charge in [0.15, 0.2) is 0 Å². The molecule has 1 amide bonds. The van der Waals surface area contributed by atoms with Gasteiger partial charge >= 0.3 is 5.97 Å². The van der Waals surface area contributed by atoms with Gasteiger partial charge in [0.05, 0.1) is 15.0 Å². The monoisotopic (exact) mass is 469 g/mol. The molecule has 0 spiro atoms. The second kappa shape index (κ2) is 9.34. The fraction of sp³-hybridized carbons (Fsp3) is 0.250. The summed E-state index contributed by atoms with van der Waals surface area (Å²) in [6.45, 7) is 1.96. The zero-order chi connectivity index (χ0) is 21.1. The van der Waals surface area contributed by atoms with Crippen LogP contribution < -0.4 is 0 Å². The Labute approximate surface area is 187 Å². The first-order valence-electron chi connectivity index (χ1n) is 8.87. The highest BCUT2D eigenvalue weighted by molar-refractivity contribution is 8.26. The summed E-state index contributed by atoms with van der Waals surface area (Å²) in [7, 11) is 0. The van der Waals surface area contributed by atoms with Gasteiger partial charge < -0.3 is 9.52 Å². The predicted molar refractivity (Wildman–Crippen MR) is 120 cm³/mol. The number of aliphatic carboxylic acids is 1. The molecule has 0 radical (unpaired) electrons. The summed E-state index contributed by atoms with van der Waals surface area (Å²) < 4.78 is 6.03. The van der Waals surface area contributed by atoms with Crippen molar-refractivity contribution in [3.8, 4) is 11.3 Å². The number of carboxylic acids is 1. The first-order chi connectivity index (χ1) is 13.8. The van der Waals surface area contributed by atoms with Crippen molar-refractivity contribution < 1.29 is 19.1 Å². The van der Waals surface area contributed by atoms with Gasteiger partial charge in [-0.1, -0.05) is 66.9 Å². The van der Waals surface area contributed by atoms with E-state index >= 15 is 0 Å². The molecule has 1 N–H and O–H groups in total. The Bertz CT molecular complexity index is 1000. The van der Waals surface area contributed by atoms with Crippen molar-refractivity contribution in [3.05, 3.63) is 51.0 Å². The standard InChI is InChI=1S/C20H17Cl2NO4S2/c1-2-3-4-15(19(25)26)23-18(24)17(29-20(23)28)10-12-6-8-16(27-12)11-5-7-13(21)14(22)9-11/h5-10,15H,2-4H2,1H3,(H,25,26)/b17-10+/t15-/m1/s1. The van der Waals surface area contributed by atoms with Gasteiger partial charge in [-0.25, -0.2) is 4.79 Å². The highest BCUT2D eigenvalue weighted by Crippen LogP contribution is 2.36. The maximum atomic E-state index is 12.8. The average molecular weight is 470 g/mol. The van der Waals surface area contributed by atoms with Gasteiger partial charge in [-0.2, -0.15) is 0 Å². The van der Waals surface area contributed by atoms with Crippen LogP contribution in [0.4, 0.5) is 0 Å². The number of benzene rings is 1. The van der Waals surface area contributed by atoms with Gasteiger partial charge in [0.25, 0.3) is 5.91 Å². The molecule has 0 aliphatic carbocycles. The average Bonchev–Trinajstić information content (AvgIpc) is 3.24. The van der Waals surface area contributed by atoms with Crippen molar-refractivity contribution in [1.82, 2.24) is 4.90 Å². The van der Waals surface area contributed by atoms with E-state index in [2.05, 4.69) is 0 Å². The Balaban J connectivity index is 1.83. The number of thioether (sulfide) groups is 1. The van der Waals surface area contributed by atoms with E-state index in [-0.39, 0.29) is 4.32 Å². The minimum absolute atomic E-state index is 0.237. The second-order valence-corrected chi connectivity index (χ2v) is 8.87. The zero-order valence-corrected chi connectivity index (χ0v) is 18.5. The number of furan rings is 1. The Morgan fingerprint density at radius 3 is 2.72 bits per heavy atom. The third-order valence-corrected chi connectivity index (χ3v) is 6.43. The quantitative estimate of drug-likeness (QED) is 0.390. The molecule has 1 aromatic heterocycles. The van der Waals surface area contributed by atoms with Crippen LogP contribution in [-0.4, -0.2) is 32.2 Å². The molecule has 0 saturated carbocycles. The number of carbonyl (C=O) groups excluding carboxylic acids is 1. The zero-order valence-electron chi connectivity index (χ0n) is 15.4. The van der Waals surface area contributed by atoms with E-state index in [9.17, 15) is 14.7 Å². The molecule has 0 bridgehead atoms. The summed E-state index contributed by atoms with van der Waals surface area (Å²) in [6.07, 6.45) is 3.45. The topological polar surface area (TPSA) is 70.8 Å². The SMILES string of the molecule is CCCC[C@H](C(=O)O)N1C(=O)/C(=C\c2ccc(-c3ccc(Cl)c(Cl)c3)o2)SC1=S. The van der Waals surface area contributed by atoms with Crippen LogP contribution in [0.2, 0.25) is 10.0 Å². The Morgan fingerprint density at radius 2 is 2.07 bits per heavy atom. The number of hydrogen-bond donors (Lipinski definition) is 1. The van der Waals surface area contributed by atoms with Crippen LogP contribution in [0.5, 0.6) is 0 Å². The van der Waals surface area contributed by atoms with Gasteiger partial charge in [0, 0.05) is 11.6 Å². The van der Waals surface area contributed by atoms with Gasteiger partial charge in [0.2, 0.25) is 0 Å². The van der Waals surface area contributed by atoms with Crippen LogP contribution >= 0.6 is 47.2 Å². The van der Waals surface area contributed by atoms with E-state index in [0.717, 1.165) is 23.7 Å². The van der Waals surface area contributed by atoms with Crippen LogP contribution in [0.25, 0.3) is 17.4 Å². The molecule has 1 aromatic carbocycles. The number of carbonyl (C=O) groups is 2. The maximum Gasteiger partial charge on any atom is 0.326 e. The molecule has 0 unspecified atom stereocenters. The van der Waals surface area contributed by atoms with Crippen LogP contribution in [0.3, 0.4) is 0 Å². The third-order valence-electron chi connectivity index (χ3n) is 4.36. The van der Waals surface area contributed by atoms with Crippen LogP contribution in [0.1, 0.15) is 31.9 Å². The van der Waals surface area contributed by atoms with Crippen LogP contribution in [0, 0.1) is 0 Å². The maximum absolute atomic E-state index is 12.8. The van der Waals surface area contributed by atoms with Crippen molar-refractivity contribution in [2.75, 3.05) is 0 Å². The third kappa shape index (κ3) is 4.86. The first kappa shape index (κ1) is 21.9. The molecule has 5 nitrogen and oxygen atoms in total. The first-order valence-corrected chi connectivity index (χ1v) is 10.8. The lowest BCUT2D eigenvalue weighted by atomic mass is 10.1. The van der Waals surface area contributed by atoms with E-state index in [1.807, 2.05) is 6.92 Å². The number of carboxylic acid groups (broad SMARTS) is 1. The Morgan fingerprint density at radius 1 is 1.31 bits per heavy atom. The summed E-state index contributed by atoms with van der Waals surface area (Å²) >= 11 is 18.3. The molecule has 2 aromatic rings. The lowest BCUT2D eigenvalue weighted by Gasteiger charge is -2.22. The van der Waals surface area contributed by atoms with Crippen molar-refractivity contribution in [3.63, 3.8) is 0 Å². The number of nitrogens with zero attached hydrogens (tertiary/aromatic N) is 1. The normalized spacial score (nSPS) is 16.7. The van der Waals surface area contributed by atoms with E-state index < -0.39 is 17.9 Å². The number of halogens is 2. The van der Waals surface area contributed by atoms with E-state index in [1.54, 1.807) is 36.4 Å². The summed E-state index contributed by atoms with van der Waals surface area (Å²) in [5.74, 6) is -0.462. The molecule has 3 rings (SSSR count). The molecule has 1 fully saturated rings. The minimum Gasteiger partial charge on any atom is -0.480 e. The van der Waals surface area contributed by atoms with Gasteiger partial charge in [-0.3, -0.25) is 9.69 Å². The summed E-state index contributed by atoms with van der Waals surface area (Å²) in [4.78, 5) is 26.0. The Hall–Kier alpha value is -1.80. The number of unbranched alkanes of at least 4 members (excludes halogenated alkanes) is 1. The fourth-order valence-corrected chi connectivity index (χ4v) is 4.51. The molecule has 1 aliphatic heterocycles. The number of amides is 1. The van der Waals surface area contributed by atoms with Crippen LogP contribution in [-0.2, 0) is 9.59 Å². The van der Waals surface area contributed by atoms with Gasteiger partial charge in [-0.05, 0) is 36.8 Å². The van der Waals surface area contributed by atoms with E-state index in [4.69, 9.17) is 39.8 Å². The second-order valence-electron chi connectivity index (χ2n) is 6.38. The number of rotatable bonds is 7. The summed E-state index contributed by atoms with van der Waals surface area (Å²) in [5.41, 5.74) is 0.747. The van der Waals surface area contributed by atoms with Gasteiger partial charge in [0.1, 0.15) is 21.9 Å². The largest absolute Gasteiger partial charge is 0.480 e. The van der Waals surface area contributed by atoms with Crippen LogP contribution in [0.15, 0.2) is 39.7 Å². The van der Waals surface area contributed by atoms with E-state index in [1.165, 1.54) is 4.90 Å². The number of hydrogen-bond acceptors (Lipinski definition) is 5. The molecule has 29 heavy (non-hydrogen) atoms. The molecule has 1 atom stereocenters. The smallest absolute Gasteiger partial charge is 0.326 e. The van der Waals surface area contributed by atoms with Crippen molar-refractivity contribution in [2.24, 2.45) is 0 Å². The fourth-order valence-electron chi connectivity index (χ4n) is 2.87. The Kier molecular flexibility index (Phi) is 7.05. The highest BCUT2D eigenvalue weighted by atomic mass is 35.5. The molecule has 2 heterocycles. The predicted octanol–water partition coefficient (Wildman–Crippen LogP) is 6.10. The van der Waals surface area contributed by atoms with Gasteiger partial charge in [-0.15, -0.1) is 0 Å². The number of thiocarbonyl (C=S) groups is 1.